The van der Waals surface area contributed by atoms with E-state index in [0.29, 0.717) is 6.42 Å². The average Bonchev–Trinajstić information content (AvgIpc) is 2.30. The first-order valence-corrected chi connectivity index (χ1v) is 5.65. The number of rotatable bonds is 2. The van der Waals surface area contributed by atoms with Gasteiger partial charge in [-0.2, -0.15) is 0 Å². The van der Waals surface area contributed by atoms with Crippen molar-refractivity contribution < 1.29 is 9.50 Å². The topological polar surface area (TPSA) is 20.2 Å². The molecule has 0 aromatic heterocycles. The third-order valence-corrected chi connectivity index (χ3v) is 3.27. The Bertz CT molecular complexity index is 307. The minimum absolute atomic E-state index is 0.0595. The molecule has 0 saturated heterocycles. The minimum Gasteiger partial charge on any atom is -0.392 e. The number of hydrogen-bond donors (Lipinski definition) is 1. The van der Waals surface area contributed by atoms with E-state index in [0.717, 1.165) is 30.4 Å². The fourth-order valence-corrected chi connectivity index (χ4v) is 2.33. The quantitative estimate of drug-likeness (QED) is 0.791. The van der Waals surface area contributed by atoms with E-state index in [1.165, 1.54) is 0 Å². The van der Waals surface area contributed by atoms with Crippen LogP contribution in [-0.2, 0) is 6.61 Å². The van der Waals surface area contributed by atoms with E-state index in [9.17, 15) is 4.39 Å². The van der Waals surface area contributed by atoms with Crippen LogP contribution in [0.3, 0.4) is 0 Å². The van der Waals surface area contributed by atoms with Crippen molar-refractivity contribution in [2.75, 3.05) is 0 Å². The summed E-state index contributed by atoms with van der Waals surface area (Å²) in [6.07, 6.45) is 3.13. The Morgan fingerprint density at radius 1 is 1.13 bits per heavy atom. The van der Waals surface area contributed by atoms with Gasteiger partial charge in [-0.25, -0.2) is 4.39 Å². The predicted molar refractivity (Wildman–Crippen MR) is 58.5 cm³/mol. The van der Waals surface area contributed by atoms with Crippen molar-refractivity contribution in [2.24, 2.45) is 0 Å². The van der Waals surface area contributed by atoms with Crippen molar-refractivity contribution in [3.05, 3.63) is 35.4 Å². The Labute approximate surface area is 89.9 Å². The maximum Gasteiger partial charge on any atom is 0.107 e. The van der Waals surface area contributed by atoms with Crippen LogP contribution in [0.15, 0.2) is 24.3 Å². The second-order valence-corrected chi connectivity index (χ2v) is 4.31. The van der Waals surface area contributed by atoms with Crippen LogP contribution in [0, 0.1) is 0 Å². The summed E-state index contributed by atoms with van der Waals surface area (Å²) in [5.41, 5.74) is 1.98. The number of aliphatic hydroxyl groups is 1. The van der Waals surface area contributed by atoms with Gasteiger partial charge in [0.05, 0.1) is 6.61 Å². The van der Waals surface area contributed by atoms with Gasteiger partial charge in [-0.15, -0.1) is 0 Å². The lowest BCUT2D eigenvalue weighted by molar-refractivity contribution is 0.216. The molecule has 2 heteroatoms. The lowest BCUT2D eigenvalue weighted by Gasteiger charge is -2.26. The molecular weight excluding hydrogens is 191 g/mol. The fraction of sp³-hybridized carbons (Fsp3) is 0.538. The Morgan fingerprint density at radius 3 is 2.40 bits per heavy atom. The second-order valence-electron chi connectivity index (χ2n) is 4.31. The van der Waals surface area contributed by atoms with Crippen LogP contribution in [0.25, 0.3) is 0 Å². The molecule has 2 rings (SSSR count). The van der Waals surface area contributed by atoms with Gasteiger partial charge in [0.2, 0.25) is 0 Å². The number of benzene rings is 1. The van der Waals surface area contributed by atoms with E-state index < -0.39 is 6.17 Å². The van der Waals surface area contributed by atoms with Gasteiger partial charge < -0.3 is 5.11 Å². The van der Waals surface area contributed by atoms with E-state index >= 15 is 0 Å². The van der Waals surface area contributed by atoms with Gasteiger partial charge in [-0.3, -0.25) is 0 Å². The third-order valence-electron chi connectivity index (χ3n) is 3.27. The zero-order chi connectivity index (χ0) is 10.7. The Hall–Kier alpha value is -0.890. The molecule has 0 radical (unpaired) electrons. The molecule has 1 saturated carbocycles. The molecule has 1 aliphatic carbocycles. The predicted octanol–water partition coefficient (Wildman–Crippen LogP) is 3.17. The molecule has 2 atom stereocenters. The molecule has 1 aromatic rings. The minimum atomic E-state index is -0.682. The number of halogens is 1. The first kappa shape index (κ1) is 10.6. The molecule has 1 fully saturated rings. The molecular formula is C13H17FO. The Balaban J connectivity index is 2.13. The van der Waals surface area contributed by atoms with Gasteiger partial charge in [-0.05, 0) is 24.0 Å². The normalized spacial score (nSPS) is 26.5. The van der Waals surface area contributed by atoms with E-state index in [1.807, 2.05) is 24.3 Å². The second kappa shape index (κ2) is 4.75. The van der Waals surface area contributed by atoms with Gasteiger partial charge in [0.15, 0.2) is 0 Å². The molecule has 2 unspecified atom stereocenters. The smallest absolute Gasteiger partial charge is 0.107 e. The number of aliphatic hydroxyl groups excluding tert-OH is 1. The third kappa shape index (κ3) is 2.37. The van der Waals surface area contributed by atoms with Crippen molar-refractivity contribution >= 4 is 0 Å². The zero-order valence-corrected chi connectivity index (χ0v) is 8.82. The molecule has 1 N–H and O–H groups in total. The standard InChI is InChI=1S/C13H17FO/c14-13-4-2-1-3-12(13)11-7-5-10(9-15)6-8-11/h5-8,12-13,15H,1-4,9H2. The zero-order valence-electron chi connectivity index (χ0n) is 8.82. The fourth-order valence-electron chi connectivity index (χ4n) is 2.33. The molecule has 15 heavy (non-hydrogen) atoms. The highest BCUT2D eigenvalue weighted by molar-refractivity contribution is 5.26. The van der Waals surface area contributed by atoms with Crippen LogP contribution in [-0.4, -0.2) is 11.3 Å². The molecule has 0 spiro atoms. The molecule has 1 aromatic carbocycles. The monoisotopic (exact) mass is 208 g/mol. The van der Waals surface area contributed by atoms with Crippen LogP contribution in [0.4, 0.5) is 4.39 Å². The SMILES string of the molecule is OCc1ccc(C2CCCCC2F)cc1. The van der Waals surface area contributed by atoms with Crippen LogP contribution < -0.4 is 0 Å². The van der Waals surface area contributed by atoms with Gasteiger partial charge >= 0.3 is 0 Å². The van der Waals surface area contributed by atoms with E-state index in [2.05, 4.69) is 0 Å². The number of alkyl halides is 1. The van der Waals surface area contributed by atoms with Crippen molar-refractivity contribution in [3.63, 3.8) is 0 Å². The molecule has 0 aliphatic heterocycles. The maximum atomic E-state index is 13.7. The maximum absolute atomic E-state index is 13.7. The summed E-state index contributed by atoms with van der Waals surface area (Å²) in [6.45, 7) is 0.0595. The van der Waals surface area contributed by atoms with Crippen molar-refractivity contribution in [1.29, 1.82) is 0 Å². The van der Waals surface area contributed by atoms with Crippen LogP contribution >= 0.6 is 0 Å². The summed E-state index contributed by atoms with van der Waals surface area (Å²) < 4.78 is 13.7. The van der Waals surface area contributed by atoms with Crippen LogP contribution in [0.1, 0.15) is 42.7 Å². The van der Waals surface area contributed by atoms with Crippen molar-refractivity contribution in [2.45, 2.75) is 44.4 Å². The lowest BCUT2D eigenvalue weighted by atomic mass is 9.82. The van der Waals surface area contributed by atoms with Crippen molar-refractivity contribution in [1.82, 2.24) is 0 Å². The molecule has 0 bridgehead atoms. The first-order chi connectivity index (χ1) is 7.31. The van der Waals surface area contributed by atoms with Gasteiger partial charge in [0.25, 0.3) is 0 Å². The summed E-state index contributed by atoms with van der Waals surface area (Å²) in [6, 6.07) is 7.68. The largest absolute Gasteiger partial charge is 0.392 e. The van der Waals surface area contributed by atoms with Gasteiger partial charge in [-0.1, -0.05) is 37.1 Å². The summed E-state index contributed by atoms with van der Waals surface area (Å²) in [5.74, 6) is 0.0755. The average molecular weight is 208 g/mol. The van der Waals surface area contributed by atoms with Crippen LogP contribution in [0.2, 0.25) is 0 Å². The lowest BCUT2D eigenvalue weighted by Crippen LogP contribution is -2.18. The summed E-state index contributed by atoms with van der Waals surface area (Å²) in [4.78, 5) is 0. The Kier molecular flexibility index (Phi) is 3.37. The first-order valence-electron chi connectivity index (χ1n) is 5.65. The summed E-state index contributed by atoms with van der Waals surface area (Å²) >= 11 is 0. The summed E-state index contributed by atoms with van der Waals surface area (Å²) in [7, 11) is 0. The van der Waals surface area contributed by atoms with E-state index in [-0.39, 0.29) is 12.5 Å². The van der Waals surface area contributed by atoms with Gasteiger partial charge in [0.1, 0.15) is 6.17 Å². The molecule has 1 aliphatic rings. The molecule has 82 valence electrons. The molecule has 0 amide bonds. The Morgan fingerprint density at radius 2 is 1.80 bits per heavy atom. The highest BCUT2D eigenvalue weighted by atomic mass is 19.1. The number of hydrogen-bond acceptors (Lipinski definition) is 1. The van der Waals surface area contributed by atoms with Crippen LogP contribution in [0.5, 0.6) is 0 Å². The molecule has 1 nitrogen and oxygen atoms in total. The highest BCUT2D eigenvalue weighted by Gasteiger charge is 2.25. The molecule has 0 heterocycles. The van der Waals surface area contributed by atoms with Gasteiger partial charge in [0, 0.05) is 5.92 Å². The van der Waals surface area contributed by atoms with Crippen molar-refractivity contribution in [3.8, 4) is 0 Å². The van der Waals surface area contributed by atoms with E-state index in [4.69, 9.17) is 5.11 Å². The van der Waals surface area contributed by atoms with E-state index in [1.54, 1.807) is 0 Å². The highest BCUT2D eigenvalue weighted by Crippen LogP contribution is 2.35. The summed E-state index contributed by atoms with van der Waals surface area (Å²) in [5, 5.41) is 8.92.